The van der Waals surface area contributed by atoms with E-state index < -0.39 is 0 Å². The molecule has 1 fully saturated rings. The highest BCUT2D eigenvalue weighted by atomic mass is 15.1. The second-order valence-corrected chi connectivity index (χ2v) is 4.30. The third-order valence-electron chi connectivity index (χ3n) is 2.92. The van der Waals surface area contributed by atoms with Gasteiger partial charge in [-0.1, -0.05) is 6.07 Å². The van der Waals surface area contributed by atoms with Gasteiger partial charge in [-0.3, -0.25) is 4.98 Å². The van der Waals surface area contributed by atoms with Gasteiger partial charge in [0.05, 0.1) is 5.69 Å². The molecular weight excluding hydrogens is 186 g/mol. The molecule has 1 atom stereocenters. The van der Waals surface area contributed by atoms with Gasteiger partial charge in [0.15, 0.2) is 0 Å². The van der Waals surface area contributed by atoms with Crippen LogP contribution in [-0.4, -0.2) is 36.1 Å². The van der Waals surface area contributed by atoms with Crippen molar-refractivity contribution in [1.82, 2.24) is 15.2 Å². The maximum absolute atomic E-state index is 4.31. The summed E-state index contributed by atoms with van der Waals surface area (Å²) in [6.07, 6.45) is 4.44. The van der Waals surface area contributed by atoms with Gasteiger partial charge in [-0.25, -0.2) is 0 Å². The van der Waals surface area contributed by atoms with Gasteiger partial charge in [0.2, 0.25) is 0 Å². The monoisotopic (exact) mass is 205 g/mol. The fourth-order valence-electron chi connectivity index (χ4n) is 2.08. The van der Waals surface area contributed by atoms with Crippen molar-refractivity contribution >= 4 is 0 Å². The van der Waals surface area contributed by atoms with Gasteiger partial charge in [0.1, 0.15) is 0 Å². The lowest BCUT2D eigenvalue weighted by Crippen LogP contribution is -2.43. The molecule has 2 heterocycles. The molecule has 2 rings (SSSR count). The minimum Gasteiger partial charge on any atom is -0.307 e. The number of rotatable bonds is 3. The van der Waals surface area contributed by atoms with Gasteiger partial charge in [-0.2, -0.15) is 0 Å². The molecule has 0 spiro atoms. The normalized spacial score (nSPS) is 22.9. The summed E-state index contributed by atoms with van der Waals surface area (Å²) in [4.78, 5) is 6.69. The summed E-state index contributed by atoms with van der Waals surface area (Å²) < 4.78 is 0. The fourth-order valence-corrected chi connectivity index (χ4v) is 2.08. The zero-order chi connectivity index (χ0) is 10.5. The molecule has 1 saturated heterocycles. The van der Waals surface area contributed by atoms with Crippen LogP contribution in [0, 0.1) is 0 Å². The first-order valence-corrected chi connectivity index (χ1v) is 5.66. The third kappa shape index (κ3) is 3.29. The zero-order valence-corrected chi connectivity index (χ0v) is 9.32. The minimum atomic E-state index is 0.630. The van der Waals surface area contributed by atoms with Crippen LogP contribution >= 0.6 is 0 Å². The molecule has 3 heteroatoms. The van der Waals surface area contributed by atoms with E-state index in [9.17, 15) is 0 Å². The average molecular weight is 205 g/mol. The molecule has 82 valence electrons. The Morgan fingerprint density at radius 2 is 2.47 bits per heavy atom. The maximum Gasteiger partial charge on any atom is 0.0541 e. The Bertz CT molecular complexity index is 286. The highest BCUT2D eigenvalue weighted by Crippen LogP contribution is 2.08. The van der Waals surface area contributed by atoms with E-state index in [1.165, 1.54) is 19.4 Å². The SMILES string of the molecule is CN1CCCC(NCc2ccccn2)C1. The van der Waals surface area contributed by atoms with E-state index in [0.29, 0.717) is 6.04 Å². The van der Waals surface area contributed by atoms with Crippen LogP contribution in [0.2, 0.25) is 0 Å². The number of likely N-dealkylation sites (N-methyl/N-ethyl adjacent to an activating group) is 1. The van der Waals surface area contributed by atoms with E-state index in [1.54, 1.807) is 0 Å². The second-order valence-electron chi connectivity index (χ2n) is 4.30. The first-order chi connectivity index (χ1) is 7.34. The first kappa shape index (κ1) is 10.6. The number of hydrogen-bond acceptors (Lipinski definition) is 3. The maximum atomic E-state index is 4.31. The summed E-state index contributed by atoms with van der Waals surface area (Å²) in [7, 11) is 2.19. The molecule has 1 aromatic rings. The van der Waals surface area contributed by atoms with Crippen LogP contribution in [0.25, 0.3) is 0 Å². The van der Waals surface area contributed by atoms with Crippen LogP contribution in [-0.2, 0) is 6.54 Å². The standard InChI is InChI=1S/C12H19N3/c1-15-8-4-6-12(10-15)14-9-11-5-2-3-7-13-11/h2-3,5,7,12,14H,4,6,8-10H2,1H3. The van der Waals surface area contributed by atoms with Crippen molar-refractivity contribution in [3.8, 4) is 0 Å². The van der Waals surface area contributed by atoms with Crippen molar-refractivity contribution in [2.75, 3.05) is 20.1 Å². The smallest absolute Gasteiger partial charge is 0.0541 e. The van der Waals surface area contributed by atoms with Gasteiger partial charge in [0.25, 0.3) is 0 Å². The van der Waals surface area contributed by atoms with Crippen molar-refractivity contribution < 1.29 is 0 Å². The Balaban J connectivity index is 1.78. The van der Waals surface area contributed by atoms with Crippen LogP contribution in [0.4, 0.5) is 0 Å². The summed E-state index contributed by atoms with van der Waals surface area (Å²) in [6, 6.07) is 6.69. The quantitative estimate of drug-likeness (QED) is 0.805. The van der Waals surface area contributed by atoms with Gasteiger partial charge in [0, 0.05) is 25.3 Å². The zero-order valence-electron chi connectivity index (χ0n) is 9.32. The highest BCUT2D eigenvalue weighted by molar-refractivity contribution is 5.03. The molecule has 3 nitrogen and oxygen atoms in total. The lowest BCUT2D eigenvalue weighted by Gasteiger charge is -2.30. The van der Waals surface area contributed by atoms with E-state index in [4.69, 9.17) is 0 Å². The van der Waals surface area contributed by atoms with E-state index in [-0.39, 0.29) is 0 Å². The molecule has 1 aliphatic rings. The number of aromatic nitrogens is 1. The lowest BCUT2D eigenvalue weighted by molar-refractivity contribution is 0.226. The summed E-state index contributed by atoms with van der Waals surface area (Å²) in [5, 5.41) is 3.56. The van der Waals surface area contributed by atoms with Crippen molar-refractivity contribution in [1.29, 1.82) is 0 Å². The van der Waals surface area contributed by atoms with Crippen LogP contribution in [0.15, 0.2) is 24.4 Å². The predicted octanol–water partition coefficient (Wildman–Crippen LogP) is 1.27. The summed E-state index contributed by atoms with van der Waals surface area (Å²) in [5.41, 5.74) is 1.13. The van der Waals surface area contributed by atoms with Crippen LogP contribution in [0.3, 0.4) is 0 Å². The Morgan fingerprint density at radius 3 is 3.20 bits per heavy atom. The molecule has 0 radical (unpaired) electrons. The molecule has 1 aliphatic heterocycles. The van der Waals surface area contributed by atoms with E-state index in [2.05, 4.69) is 28.3 Å². The van der Waals surface area contributed by atoms with Crippen molar-refractivity contribution in [2.45, 2.75) is 25.4 Å². The molecular formula is C12H19N3. The molecule has 0 aliphatic carbocycles. The molecule has 15 heavy (non-hydrogen) atoms. The van der Waals surface area contributed by atoms with Crippen molar-refractivity contribution in [3.63, 3.8) is 0 Å². The predicted molar refractivity (Wildman–Crippen MR) is 61.6 cm³/mol. The van der Waals surface area contributed by atoms with Crippen LogP contribution < -0.4 is 5.32 Å². The average Bonchev–Trinajstić information content (AvgIpc) is 2.28. The number of nitrogens with zero attached hydrogens (tertiary/aromatic N) is 2. The van der Waals surface area contributed by atoms with Gasteiger partial charge in [-0.15, -0.1) is 0 Å². The van der Waals surface area contributed by atoms with Crippen molar-refractivity contribution in [3.05, 3.63) is 30.1 Å². The summed E-state index contributed by atoms with van der Waals surface area (Å²) in [6.45, 7) is 3.29. The largest absolute Gasteiger partial charge is 0.307 e. The van der Waals surface area contributed by atoms with E-state index in [1.807, 2.05) is 18.3 Å². The third-order valence-corrected chi connectivity index (χ3v) is 2.92. The molecule has 1 unspecified atom stereocenters. The highest BCUT2D eigenvalue weighted by Gasteiger charge is 2.16. The molecule has 0 aromatic carbocycles. The topological polar surface area (TPSA) is 28.2 Å². The Labute approximate surface area is 91.5 Å². The fraction of sp³-hybridized carbons (Fsp3) is 0.583. The Kier molecular flexibility index (Phi) is 3.69. The minimum absolute atomic E-state index is 0.630. The Hall–Kier alpha value is -0.930. The summed E-state index contributed by atoms with van der Waals surface area (Å²) >= 11 is 0. The van der Waals surface area contributed by atoms with Crippen molar-refractivity contribution in [2.24, 2.45) is 0 Å². The second kappa shape index (κ2) is 5.24. The first-order valence-electron chi connectivity index (χ1n) is 5.66. The lowest BCUT2D eigenvalue weighted by atomic mass is 10.1. The summed E-state index contributed by atoms with van der Waals surface area (Å²) in [5.74, 6) is 0. The Morgan fingerprint density at radius 1 is 1.53 bits per heavy atom. The molecule has 0 amide bonds. The number of pyridine rings is 1. The van der Waals surface area contributed by atoms with Gasteiger partial charge < -0.3 is 10.2 Å². The molecule has 1 aromatic heterocycles. The van der Waals surface area contributed by atoms with E-state index in [0.717, 1.165) is 18.8 Å². The van der Waals surface area contributed by atoms with Crippen LogP contribution in [0.1, 0.15) is 18.5 Å². The number of nitrogens with one attached hydrogen (secondary N) is 1. The van der Waals surface area contributed by atoms with Gasteiger partial charge >= 0.3 is 0 Å². The van der Waals surface area contributed by atoms with Crippen LogP contribution in [0.5, 0.6) is 0 Å². The number of hydrogen-bond donors (Lipinski definition) is 1. The molecule has 0 saturated carbocycles. The molecule has 0 bridgehead atoms. The van der Waals surface area contributed by atoms with Gasteiger partial charge in [-0.05, 0) is 38.6 Å². The number of piperidine rings is 1. The number of likely N-dealkylation sites (tertiary alicyclic amines) is 1. The van der Waals surface area contributed by atoms with E-state index >= 15 is 0 Å². The molecule has 1 N–H and O–H groups in total.